The molecule has 0 aromatic heterocycles. The fraction of sp³-hybridized carbons (Fsp3) is 1.00. The Morgan fingerprint density at radius 3 is 2.57 bits per heavy atom. The highest BCUT2D eigenvalue weighted by molar-refractivity contribution is 8.00. The summed E-state index contributed by atoms with van der Waals surface area (Å²) in [7, 11) is -1.26. The Morgan fingerprint density at radius 1 is 1.14 bits per heavy atom. The molecule has 28 heavy (non-hydrogen) atoms. The van der Waals surface area contributed by atoms with Crippen LogP contribution in [0.2, 0.25) is 0 Å². The zero-order valence-corrected chi connectivity index (χ0v) is 18.8. The largest absolute Gasteiger partial charge is 0.382 e. The van der Waals surface area contributed by atoms with Crippen LogP contribution >= 0.6 is 11.8 Å². The average Bonchev–Trinajstić information content (AvgIpc) is 3.20. The molecule has 4 atom stereocenters. The third-order valence-electron chi connectivity index (χ3n) is 6.28. The molecule has 0 bridgehead atoms. The Kier molecular flexibility index (Phi) is 8.89. The van der Waals surface area contributed by atoms with Crippen LogP contribution in [0.15, 0.2) is 0 Å². The molecule has 1 aliphatic carbocycles. The smallest absolute Gasteiger partial charge is 0.150 e. The van der Waals surface area contributed by atoms with E-state index in [1.165, 1.54) is 24.9 Å². The molecule has 0 aromatic carbocycles. The second-order valence-electron chi connectivity index (χ2n) is 8.35. The minimum absolute atomic E-state index is 0.0613. The second-order valence-corrected chi connectivity index (χ2v) is 12.1. The highest BCUT2D eigenvalue weighted by atomic mass is 32.2. The summed E-state index contributed by atoms with van der Waals surface area (Å²) in [5.41, 5.74) is 0. The van der Waals surface area contributed by atoms with Crippen LogP contribution in [0, 0.1) is 5.92 Å². The molecule has 4 unspecified atom stereocenters. The maximum absolute atomic E-state index is 11.9. The zero-order valence-electron chi connectivity index (χ0n) is 17.2. The van der Waals surface area contributed by atoms with Gasteiger partial charge in [0.2, 0.25) is 0 Å². The lowest BCUT2D eigenvalue weighted by atomic mass is 9.82. The molecule has 3 aliphatic rings. The van der Waals surface area contributed by atoms with Gasteiger partial charge in [0.05, 0.1) is 30.7 Å². The van der Waals surface area contributed by atoms with Crippen LogP contribution in [0.5, 0.6) is 0 Å². The van der Waals surface area contributed by atoms with Crippen molar-refractivity contribution in [3.63, 3.8) is 0 Å². The van der Waals surface area contributed by atoms with Crippen molar-refractivity contribution < 1.29 is 17.9 Å². The summed E-state index contributed by atoms with van der Waals surface area (Å²) >= 11 is 2.07. The minimum atomic E-state index is -2.94. The van der Waals surface area contributed by atoms with Crippen molar-refractivity contribution in [2.45, 2.75) is 67.5 Å². The lowest BCUT2D eigenvalue weighted by Crippen LogP contribution is -2.68. The van der Waals surface area contributed by atoms with Gasteiger partial charge in [0.25, 0.3) is 0 Å². The van der Waals surface area contributed by atoms with E-state index in [1.54, 1.807) is 7.11 Å². The first-order chi connectivity index (χ1) is 13.5. The van der Waals surface area contributed by atoms with Gasteiger partial charge in [0, 0.05) is 31.7 Å². The Hall–Kier alpha value is 0.1000. The maximum atomic E-state index is 11.9. The fourth-order valence-electron chi connectivity index (χ4n) is 4.63. The molecule has 3 fully saturated rings. The van der Waals surface area contributed by atoms with Crippen molar-refractivity contribution >= 4 is 21.6 Å². The van der Waals surface area contributed by atoms with Crippen molar-refractivity contribution in [3.05, 3.63) is 0 Å². The van der Waals surface area contributed by atoms with Crippen LogP contribution in [0.1, 0.15) is 38.5 Å². The third-order valence-corrected chi connectivity index (χ3v) is 9.36. The topological polar surface area (TPSA) is 88.7 Å². The predicted molar refractivity (Wildman–Crippen MR) is 114 cm³/mol. The Labute approximate surface area is 174 Å². The summed E-state index contributed by atoms with van der Waals surface area (Å²) in [5.74, 6) is 1.70. The van der Waals surface area contributed by atoms with Gasteiger partial charge in [-0.15, -0.1) is 0 Å². The van der Waals surface area contributed by atoms with Gasteiger partial charge < -0.3 is 9.47 Å². The Morgan fingerprint density at radius 2 is 1.93 bits per heavy atom. The van der Waals surface area contributed by atoms with Crippen LogP contribution < -0.4 is 16.0 Å². The van der Waals surface area contributed by atoms with Crippen molar-refractivity contribution in [1.29, 1.82) is 0 Å². The summed E-state index contributed by atoms with van der Waals surface area (Å²) < 4.78 is 35.0. The van der Waals surface area contributed by atoms with Crippen molar-refractivity contribution in [1.82, 2.24) is 16.0 Å². The number of rotatable bonds is 9. The number of hydrogen-bond acceptors (Lipinski definition) is 8. The van der Waals surface area contributed by atoms with Crippen molar-refractivity contribution in [2.24, 2.45) is 5.92 Å². The summed E-state index contributed by atoms with van der Waals surface area (Å²) in [5, 5.41) is 11.6. The van der Waals surface area contributed by atoms with Gasteiger partial charge in [-0.2, -0.15) is 11.8 Å². The first kappa shape index (κ1) is 22.8. The highest BCUT2D eigenvalue weighted by Crippen LogP contribution is 2.32. The van der Waals surface area contributed by atoms with Crippen LogP contribution in [0.3, 0.4) is 0 Å². The van der Waals surface area contributed by atoms with Gasteiger partial charge >= 0.3 is 0 Å². The van der Waals surface area contributed by atoms with Crippen LogP contribution in [-0.4, -0.2) is 82.8 Å². The highest BCUT2D eigenvalue weighted by Gasteiger charge is 2.39. The van der Waals surface area contributed by atoms with E-state index in [0.29, 0.717) is 19.1 Å². The summed E-state index contributed by atoms with van der Waals surface area (Å²) in [4.78, 5) is 0. The molecule has 0 aromatic rings. The number of hydrogen-bond donors (Lipinski definition) is 3. The SMILES string of the molecule is COCCOC1NCC(NCC2CCCS2)NC1C1CCC(S(C)(=O)=O)CC1. The maximum Gasteiger partial charge on any atom is 0.150 e. The molecule has 164 valence electrons. The third kappa shape index (κ3) is 6.55. The van der Waals surface area contributed by atoms with E-state index in [0.717, 1.165) is 44.0 Å². The van der Waals surface area contributed by atoms with Crippen LogP contribution in [0.25, 0.3) is 0 Å². The molecule has 0 amide bonds. The molecule has 2 aliphatic heterocycles. The molecule has 1 saturated carbocycles. The van der Waals surface area contributed by atoms with Gasteiger partial charge in [0.1, 0.15) is 16.1 Å². The summed E-state index contributed by atoms with van der Waals surface area (Å²) in [6.07, 6.45) is 7.52. The van der Waals surface area contributed by atoms with Crippen molar-refractivity contribution in [3.8, 4) is 0 Å². The second kappa shape index (κ2) is 10.9. The van der Waals surface area contributed by atoms with E-state index in [9.17, 15) is 8.42 Å². The first-order valence-electron chi connectivity index (χ1n) is 10.6. The molecular formula is C19H37N3O4S2. The quantitative estimate of drug-likeness (QED) is 0.462. The summed E-state index contributed by atoms with van der Waals surface area (Å²) in [6.45, 7) is 2.99. The molecule has 7 nitrogen and oxygen atoms in total. The number of nitrogens with one attached hydrogen (secondary N) is 3. The van der Waals surface area contributed by atoms with E-state index in [2.05, 4.69) is 27.7 Å². The van der Waals surface area contributed by atoms with Crippen LogP contribution in [0.4, 0.5) is 0 Å². The lowest BCUT2D eigenvalue weighted by molar-refractivity contribution is -0.0537. The number of ether oxygens (including phenoxy) is 2. The lowest BCUT2D eigenvalue weighted by Gasteiger charge is -2.44. The minimum Gasteiger partial charge on any atom is -0.382 e. The van der Waals surface area contributed by atoms with Gasteiger partial charge in [-0.3, -0.25) is 16.0 Å². The molecule has 0 spiro atoms. The number of methoxy groups -OCH3 is 1. The van der Waals surface area contributed by atoms with E-state index in [1.807, 2.05) is 0 Å². The monoisotopic (exact) mass is 435 g/mol. The van der Waals surface area contributed by atoms with Crippen molar-refractivity contribution in [2.75, 3.05) is 45.4 Å². The standard InChI is InChI=1S/C19H37N3O4S2/c1-25-9-10-26-19-18(14-5-7-16(8-6-14)28(2,23)24)22-17(13-21-19)20-12-15-4-3-11-27-15/h14-22H,3-13H2,1-2H3. The number of sulfone groups is 1. The number of piperazine rings is 1. The Bertz CT molecular complexity index is 564. The predicted octanol–water partition coefficient (Wildman–Crippen LogP) is 0.952. The van der Waals surface area contributed by atoms with E-state index in [4.69, 9.17) is 9.47 Å². The van der Waals surface area contributed by atoms with E-state index >= 15 is 0 Å². The number of thioether (sulfide) groups is 1. The molecule has 0 radical (unpaired) electrons. The molecular weight excluding hydrogens is 398 g/mol. The average molecular weight is 436 g/mol. The van der Waals surface area contributed by atoms with Gasteiger partial charge in [-0.25, -0.2) is 8.42 Å². The summed E-state index contributed by atoms with van der Waals surface area (Å²) in [6, 6.07) is 0.180. The van der Waals surface area contributed by atoms with Crippen LogP contribution in [-0.2, 0) is 19.3 Å². The fourth-order valence-corrected chi connectivity index (χ4v) is 6.97. The normalized spacial score (nSPS) is 37.2. The van der Waals surface area contributed by atoms with E-state index in [-0.39, 0.29) is 23.7 Å². The van der Waals surface area contributed by atoms with Gasteiger partial charge in [-0.1, -0.05) is 0 Å². The van der Waals surface area contributed by atoms with E-state index < -0.39 is 9.84 Å². The van der Waals surface area contributed by atoms with Gasteiger partial charge in [-0.05, 0) is 50.2 Å². The molecule has 2 saturated heterocycles. The molecule has 9 heteroatoms. The molecule has 2 heterocycles. The first-order valence-corrected chi connectivity index (χ1v) is 13.6. The Balaban J connectivity index is 1.55. The van der Waals surface area contributed by atoms with Gasteiger partial charge in [0.15, 0.2) is 0 Å². The zero-order chi connectivity index (χ0) is 20.0. The molecule has 3 rings (SSSR count). The molecule has 3 N–H and O–H groups in total.